The van der Waals surface area contributed by atoms with Crippen LogP contribution in [0.5, 0.6) is 18.0 Å². The lowest BCUT2D eigenvalue weighted by atomic mass is 10.3. The second kappa shape index (κ2) is 15.5. The highest BCUT2D eigenvalue weighted by molar-refractivity contribution is 5.42. The predicted molar refractivity (Wildman–Crippen MR) is 137 cm³/mol. The molecule has 2 aromatic rings. The third kappa shape index (κ3) is 12.0. The molecule has 0 amide bonds. The first-order chi connectivity index (χ1) is 24.0. The summed E-state index contributed by atoms with van der Waals surface area (Å²) in [6.45, 7) is -0.477. The van der Waals surface area contributed by atoms with Gasteiger partial charge in [0.2, 0.25) is 17.8 Å². The van der Waals surface area contributed by atoms with Crippen LogP contribution in [0.15, 0.2) is 0 Å². The van der Waals surface area contributed by atoms with Gasteiger partial charge in [-0.15, -0.1) is 4.98 Å². The number of rotatable bonds is 12. The van der Waals surface area contributed by atoms with Crippen LogP contribution in [0.1, 0.15) is 19.8 Å². The van der Waals surface area contributed by atoms with Gasteiger partial charge in [-0.25, -0.2) is 0 Å². The summed E-state index contributed by atoms with van der Waals surface area (Å²) >= 11 is 0. The van der Waals surface area contributed by atoms with E-state index in [9.17, 15) is 79.0 Å². The minimum absolute atomic E-state index is 0.0520. The number of piperazine rings is 1. The third-order valence-electron chi connectivity index (χ3n) is 6.30. The molecule has 0 spiro atoms. The van der Waals surface area contributed by atoms with E-state index >= 15 is 0 Å². The van der Waals surface area contributed by atoms with E-state index in [4.69, 9.17) is 0 Å². The molecular weight excluding hydrogens is 792 g/mol. The largest absolute Gasteiger partial charge is 0.440 e. The highest BCUT2D eigenvalue weighted by Crippen LogP contribution is 2.39. The third-order valence-corrected chi connectivity index (χ3v) is 6.30. The van der Waals surface area contributed by atoms with Crippen molar-refractivity contribution in [3.8, 4) is 18.0 Å². The van der Waals surface area contributed by atoms with E-state index in [1.165, 1.54) is 0 Å². The standard InChI is InChI=1S/C23H21F18N9O3/c1-2-3-4-42-12-43-13(45-15(44-12)51-9(18(24,25)26)19(27,28)29)49-5-7-50(8-6-49)14-46-16(52-10(20(30,31)32)21(33,34)35)48-17(47-14)53-11(22(36,37)38)23(39,40)41/h9-11H,2-8H2,1H3,(H,42,43,44,45). The lowest BCUT2D eigenvalue weighted by molar-refractivity contribution is -0.303. The van der Waals surface area contributed by atoms with Crippen molar-refractivity contribution >= 4 is 17.8 Å². The molecule has 2 aromatic heterocycles. The van der Waals surface area contributed by atoms with Gasteiger partial charge in [-0.2, -0.15) is 104 Å². The Morgan fingerprint density at radius 1 is 0.491 bits per heavy atom. The molecule has 3 heterocycles. The Morgan fingerprint density at radius 3 is 1.09 bits per heavy atom. The van der Waals surface area contributed by atoms with Crippen LogP contribution in [0.4, 0.5) is 96.9 Å². The molecule has 1 aliphatic heterocycles. The van der Waals surface area contributed by atoms with E-state index in [-0.39, 0.29) is 6.54 Å². The summed E-state index contributed by atoms with van der Waals surface area (Å²) in [4.78, 5) is 21.4. The molecule has 0 aromatic carbocycles. The van der Waals surface area contributed by atoms with Gasteiger partial charge < -0.3 is 29.3 Å². The molecule has 1 aliphatic rings. The molecule has 0 atom stereocenters. The zero-order chi connectivity index (χ0) is 40.4. The fourth-order valence-corrected chi connectivity index (χ4v) is 3.95. The van der Waals surface area contributed by atoms with Crippen molar-refractivity contribution in [2.45, 2.75) is 75.1 Å². The van der Waals surface area contributed by atoms with Crippen LogP contribution in [0.2, 0.25) is 0 Å². The van der Waals surface area contributed by atoms with Crippen LogP contribution in [0, 0.1) is 0 Å². The molecule has 0 unspecified atom stereocenters. The highest BCUT2D eigenvalue weighted by atomic mass is 19.4. The summed E-state index contributed by atoms with van der Waals surface area (Å²) in [5, 5.41) is 2.52. The summed E-state index contributed by atoms with van der Waals surface area (Å²) in [6, 6.07) is -5.63. The van der Waals surface area contributed by atoms with Crippen molar-refractivity contribution in [3.63, 3.8) is 0 Å². The Balaban J connectivity index is 1.98. The van der Waals surface area contributed by atoms with Gasteiger partial charge in [0.05, 0.1) is 0 Å². The molecule has 0 bridgehead atoms. The van der Waals surface area contributed by atoms with Crippen LogP contribution in [-0.2, 0) is 0 Å². The van der Waals surface area contributed by atoms with Crippen LogP contribution in [0.25, 0.3) is 0 Å². The minimum Gasteiger partial charge on any atom is -0.440 e. The number of anilines is 3. The van der Waals surface area contributed by atoms with E-state index in [0.29, 0.717) is 12.8 Å². The number of alkyl halides is 18. The molecule has 53 heavy (non-hydrogen) atoms. The lowest BCUT2D eigenvalue weighted by Crippen LogP contribution is -2.49. The maximum Gasteiger partial charge on any atom is 0.434 e. The fraction of sp³-hybridized carbons (Fsp3) is 0.739. The van der Waals surface area contributed by atoms with Crippen LogP contribution in [-0.4, -0.2) is 118 Å². The summed E-state index contributed by atoms with van der Waals surface area (Å²) < 4.78 is 248. The number of aromatic nitrogens is 6. The maximum absolute atomic E-state index is 13.1. The van der Waals surface area contributed by atoms with E-state index in [1.54, 1.807) is 6.92 Å². The number of hydrogen-bond acceptors (Lipinski definition) is 12. The maximum atomic E-state index is 13.1. The van der Waals surface area contributed by atoms with Crippen molar-refractivity contribution in [2.75, 3.05) is 47.8 Å². The van der Waals surface area contributed by atoms with Gasteiger partial charge >= 0.3 is 55.1 Å². The molecule has 1 N–H and O–H groups in total. The normalized spacial score (nSPS) is 15.4. The second-order valence-corrected chi connectivity index (χ2v) is 10.4. The minimum atomic E-state index is -6.27. The number of nitrogens with zero attached hydrogens (tertiary/aromatic N) is 8. The molecular formula is C23H21F18N9O3. The first-order valence-corrected chi connectivity index (χ1v) is 14.2. The fourth-order valence-electron chi connectivity index (χ4n) is 3.95. The summed E-state index contributed by atoms with van der Waals surface area (Å²) in [7, 11) is 0. The average Bonchev–Trinajstić information content (AvgIpc) is 2.98. The van der Waals surface area contributed by atoms with E-state index in [0.717, 1.165) is 9.80 Å². The number of nitrogens with one attached hydrogen (secondary N) is 1. The van der Waals surface area contributed by atoms with E-state index in [2.05, 4.69) is 49.4 Å². The smallest absolute Gasteiger partial charge is 0.434 e. The van der Waals surface area contributed by atoms with Gasteiger partial charge in [-0.05, 0) is 6.42 Å². The van der Waals surface area contributed by atoms with E-state index in [1.807, 2.05) is 0 Å². The zero-order valence-electron chi connectivity index (χ0n) is 25.8. The van der Waals surface area contributed by atoms with Crippen molar-refractivity contribution in [3.05, 3.63) is 0 Å². The number of ether oxygens (including phenoxy) is 3. The Morgan fingerprint density at radius 2 is 0.792 bits per heavy atom. The molecule has 0 aliphatic carbocycles. The predicted octanol–water partition coefficient (Wildman–Crippen LogP) is 6.21. The SMILES string of the molecule is CCCCNc1nc(OC(C(F)(F)F)C(F)(F)F)nc(N2CCN(c3nc(OC(C(F)(F)F)C(F)(F)F)nc(OC(C(F)(F)F)C(F)(F)F)n3)CC2)n1. The van der Waals surface area contributed by atoms with Crippen molar-refractivity contribution < 1.29 is 93.2 Å². The average molecular weight is 813 g/mol. The van der Waals surface area contributed by atoms with Crippen molar-refractivity contribution in [2.24, 2.45) is 0 Å². The van der Waals surface area contributed by atoms with Crippen molar-refractivity contribution in [1.82, 2.24) is 29.9 Å². The van der Waals surface area contributed by atoms with E-state index < -0.39 is 117 Å². The molecule has 0 radical (unpaired) electrons. The lowest BCUT2D eigenvalue weighted by Gasteiger charge is -2.35. The number of unbranched alkanes of at least 4 members (excludes halogenated alkanes) is 1. The van der Waals surface area contributed by atoms with Gasteiger partial charge in [0.25, 0.3) is 18.3 Å². The first-order valence-electron chi connectivity index (χ1n) is 14.2. The van der Waals surface area contributed by atoms with Gasteiger partial charge in [-0.1, -0.05) is 13.3 Å². The number of hydrogen-bond donors (Lipinski definition) is 1. The monoisotopic (exact) mass is 813 g/mol. The number of halogens is 18. The molecule has 30 heteroatoms. The van der Waals surface area contributed by atoms with Gasteiger partial charge in [0, 0.05) is 32.7 Å². The molecule has 1 saturated heterocycles. The molecule has 1 fully saturated rings. The van der Waals surface area contributed by atoms with Gasteiger partial charge in [0.1, 0.15) is 0 Å². The molecule has 12 nitrogen and oxygen atoms in total. The Labute approximate surface area is 282 Å². The summed E-state index contributed by atoms with van der Waals surface area (Å²) in [6.07, 6.45) is -50.0. The van der Waals surface area contributed by atoms with Crippen LogP contribution in [0.3, 0.4) is 0 Å². The summed E-state index contributed by atoms with van der Waals surface area (Å²) in [5.41, 5.74) is 0. The Hall–Kier alpha value is -4.44. The summed E-state index contributed by atoms with van der Waals surface area (Å²) in [5.74, 6) is -2.40. The van der Waals surface area contributed by atoms with Crippen LogP contribution < -0.4 is 29.3 Å². The molecule has 0 saturated carbocycles. The van der Waals surface area contributed by atoms with Crippen LogP contribution >= 0.6 is 0 Å². The first kappa shape index (κ1) is 43.0. The topological polar surface area (TPSA) is 124 Å². The Kier molecular flexibility index (Phi) is 12.6. The Bertz CT molecular complexity index is 1410. The quantitative estimate of drug-likeness (QED) is 0.194. The van der Waals surface area contributed by atoms with Gasteiger partial charge in [0.15, 0.2) is 0 Å². The zero-order valence-corrected chi connectivity index (χ0v) is 25.8. The van der Waals surface area contributed by atoms with Gasteiger partial charge in [-0.3, -0.25) is 0 Å². The molecule has 3 rings (SSSR count). The molecule has 302 valence electrons. The second-order valence-electron chi connectivity index (χ2n) is 10.4. The highest BCUT2D eigenvalue weighted by Gasteiger charge is 2.62. The van der Waals surface area contributed by atoms with Crippen molar-refractivity contribution in [1.29, 1.82) is 0 Å².